The van der Waals surface area contributed by atoms with E-state index in [1.54, 1.807) is 12.1 Å². The molecule has 0 fully saturated rings. The fourth-order valence-corrected chi connectivity index (χ4v) is 1.64. The zero-order valence-corrected chi connectivity index (χ0v) is 11.1. The third-order valence-electron chi connectivity index (χ3n) is 2.44. The molecule has 1 rings (SSSR count). The number of nitrogens with zero attached hydrogens (tertiary/aromatic N) is 3. The van der Waals surface area contributed by atoms with E-state index in [4.69, 9.17) is 27.4 Å². The Balaban J connectivity index is 2.84. The van der Waals surface area contributed by atoms with E-state index >= 15 is 0 Å². The highest BCUT2D eigenvalue weighted by Gasteiger charge is 2.05. The van der Waals surface area contributed by atoms with Gasteiger partial charge in [0.25, 0.3) is 0 Å². The zero-order valence-electron chi connectivity index (χ0n) is 11.1. The molecular weight excluding hydrogens is 260 g/mol. The van der Waals surface area contributed by atoms with Crippen molar-refractivity contribution in [3.8, 4) is 0 Å². The topological polar surface area (TPSA) is 146 Å². The second-order valence-electron chi connectivity index (χ2n) is 3.96. The summed E-state index contributed by atoms with van der Waals surface area (Å²) in [5.41, 5.74) is 17.4. The highest BCUT2D eigenvalue weighted by molar-refractivity contribution is 5.93. The van der Waals surface area contributed by atoms with Gasteiger partial charge in [-0.15, -0.1) is 0 Å². The van der Waals surface area contributed by atoms with Crippen LogP contribution in [-0.2, 0) is 0 Å². The van der Waals surface area contributed by atoms with Crippen LogP contribution in [0.1, 0.15) is 0 Å². The first-order valence-electron chi connectivity index (χ1n) is 6.07. The van der Waals surface area contributed by atoms with Crippen molar-refractivity contribution < 1.29 is 10.2 Å². The molecule has 8 heteroatoms. The first kappa shape index (κ1) is 15.7. The molecule has 20 heavy (non-hydrogen) atoms. The molecule has 1 aromatic carbocycles. The van der Waals surface area contributed by atoms with Gasteiger partial charge < -0.3 is 32.3 Å². The lowest BCUT2D eigenvalue weighted by molar-refractivity contribution is 0.281. The van der Waals surface area contributed by atoms with Crippen molar-refractivity contribution in [2.45, 2.75) is 0 Å². The van der Waals surface area contributed by atoms with Gasteiger partial charge in [0.1, 0.15) is 0 Å². The second-order valence-corrected chi connectivity index (χ2v) is 3.96. The lowest BCUT2D eigenvalue weighted by Crippen LogP contribution is -2.29. The summed E-state index contributed by atoms with van der Waals surface area (Å²) in [4.78, 5) is 9.49. The van der Waals surface area contributed by atoms with Gasteiger partial charge in [-0.1, -0.05) is 0 Å². The molecule has 8 nitrogen and oxygen atoms in total. The monoisotopic (exact) mass is 280 g/mol. The van der Waals surface area contributed by atoms with Crippen LogP contribution in [0, 0.1) is 0 Å². The van der Waals surface area contributed by atoms with Crippen molar-refractivity contribution in [2.24, 2.45) is 27.2 Å². The van der Waals surface area contributed by atoms with Gasteiger partial charge in [0, 0.05) is 18.8 Å². The minimum Gasteiger partial charge on any atom is -0.395 e. The average Bonchev–Trinajstić information content (AvgIpc) is 2.38. The minimum atomic E-state index is -0.153. The van der Waals surface area contributed by atoms with Crippen LogP contribution in [0.25, 0.3) is 0 Å². The molecule has 1 aromatic rings. The predicted molar refractivity (Wildman–Crippen MR) is 79.9 cm³/mol. The van der Waals surface area contributed by atoms with Gasteiger partial charge in [-0.2, -0.15) is 4.99 Å². The van der Waals surface area contributed by atoms with Crippen LogP contribution >= 0.6 is 0 Å². The van der Waals surface area contributed by atoms with E-state index in [1.165, 1.54) is 0 Å². The van der Waals surface area contributed by atoms with Crippen LogP contribution in [0.3, 0.4) is 0 Å². The summed E-state index contributed by atoms with van der Waals surface area (Å²) < 4.78 is 0. The summed E-state index contributed by atoms with van der Waals surface area (Å²) in [6.07, 6.45) is 0. The molecule has 0 spiro atoms. The minimum absolute atomic E-state index is 0.0113. The Hall–Kier alpha value is -2.32. The third-order valence-corrected chi connectivity index (χ3v) is 2.44. The predicted octanol–water partition coefficient (Wildman–Crippen LogP) is -1.30. The largest absolute Gasteiger partial charge is 0.395 e. The molecule has 0 atom stereocenters. The first-order chi connectivity index (χ1) is 9.56. The Kier molecular flexibility index (Phi) is 6.27. The number of guanidine groups is 2. The van der Waals surface area contributed by atoms with Gasteiger partial charge in [0.2, 0.25) is 5.96 Å². The molecule has 0 aromatic heterocycles. The van der Waals surface area contributed by atoms with E-state index in [1.807, 2.05) is 17.0 Å². The van der Waals surface area contributed by atoms with E-state index in [0.717, 1.165) is 5.69 Å². The van der Waals surface area contributed by atoms with E-state index < -0.39 is 0 Å². The van der Waals surface area contributed by atoms with Gasteiger partial charge in [0.15, 0.2) is 5.96 Å². The smallest absolute Gasteiger partial charge is 0.223 e. The summed E-state index contributed by atoms with van der Waals surface area (Å²) in [6.45, 7) is 0.910. The highest BCUT2D eigenvalue weighted by atomic mass is 16.3. The maximum Gasteiger partial charge on any atom is 0.223 e. The normalized spacial score (nSPS) is 11.2. The van der Waals surface area contributed by atoms with Crippen molar-refractivity contribution in [1.29, 1.82) is 0 Å². The van der Waals surface area contributed by atoms with Crippen molar-refractivity contribution in [1.82, 2.24) is 0 Å². The molecular formula is C12H20N6O2. The number of aliphatic imine (C=N–C) groups is 2. The maximum atomic E-state index is 8.98. The first-order valence-corrected chi connectivity index (χ1v) is 6.07. The molecule has 0 unspecified atom stereocenters. The Morgan fingerprint density at radius 2 is 1.55 bits per heavy atom. The number of hydrogen-bond donors (Lipinski definition) is 5. The van der Waals surface area contributed by atoms with E-state index in [0.29, 0.717) is 18.8 Å². The van der Waals surface area contributed by atoms with Gasteiger partial charge in [-0.05, 0) is 24.3 Å². The van der Waals surface area contributed by atoms with Crippen LogP contribution < -0.4 is 22.1 Å². The second kappa shape index (κ2) is 7.97. The summed E-state index contributed by atoms with van der Waals surface area (Å²) in [6, 6.07) is 7.11. The summed E-state index contributed by atoms with van der Waals surface area (Å²) >= 11 is 0. The van der Waals surface area contributed by atoms with Crippen molar-refractivity contribution >= 4 is 23.3 Å². The molecule has 0 saturated heterocycles. The van der Waals surface area contributed by atoms with Crippen molar-refractivity contribution in [3.05, 3.63) is 24.3 Å². The maximum absolute atomic E-state index is 8.98. The number of hydrogen-bond acceptors (Lipinski definition) is 4. The molecule has 0 aliphatic heterocycles. The van der Waals surface area contributed by atoms with Crippen LogP contribution in [0.2, 0.25) is 0 Å². The number of benzene rings is 1. The molecule has 0 saturated carbocycles. The molecule has 0 heterocycles. The molecule has 0 radical (unpaired) electrons. The van der Waals surface area contributed by atoms with Crippen LogP contribution in [-0.4, -0.2) is 48.4 Å². The lowest BCUT2D eigenvalue weighted by Gasteiger charge is -2.22. The number of rotatable bonds is 6. The fraction of sp³-hybridized carbons (Fsp3) is 0.333. The Morgan fingerprint density at radius 1 is 1.00 bits per heavy atom. The Bertz CT molecular complexity index is 461. The van der Waals surface area contributed by atoms with Crippen LogP contribution in [0.15, 0.2) is 34.3 Å². The molecule has 0 bridgehead atoms. The quantitative estimate of drug-likeness (QED) is 0.323. The van der Waals surface area contributed by atoms with E-state index in [-0.39, 0.29) is 25.1 Å². The lowest BCUT2D eigenvalue weighted by atomic mass is 10.2. The van der Waals surface area contributed by atoms with Gasteiger partial charge in [-0.25, -0.2) is 4.99 Å². The van der Waals surface area contributed by atoms with Gasteiger partial charge >= 0.3 is 0 Å². The average molecular weight is 280 g/mol. The van der Waals surface area contributed by atoms with Crippen molar-refractivity contribution in [2.75, 3.05) is 31.2 Å². The number of nitrogens with two attached hydrogens (primary N) is 3. The molecule has 110 valence electrons. The molecule has 0 aliphatic carbocycles. The van der Waals surface area contributed by atoms with Gasteiger partial charge in [-0.3, -0.25) is 0 Å². The SMILES string of the molecule is NC(N)=NC(N)=Nc1ccc(N(CCO)CCO)cc1. The number of aliphatic hydroxyl groups is 2. The highest BCUT2D eigenvalue weighted by Crippen LogP contribution is 2.19. The van der Waals surface area contributed by atoms with Crippen molar-refractivity contribution in [3.63, 3.8) is 0 Å². The zero-order chi connectivity index (χ0) is 15.0. The molecule has 0 aliphatic rings. The Labute approximate surface area is 117 Å². The summed E-state index contributed by atoms with van der Waals surface area (Å²) in [5.74, 6) is -0.180. The third kappa shape index (κ3) is 5.12. The van der Waals surface area contributed by atoms with Crippen LogP contribution in [0.4, 0.5) is 11.4 Å². The number of aliphatic hydroxyl groups excluding tert-OH is 2. The summed E-state index contributed by atoms with van der Waals surface area (Å²) in [5, 5.41) is 18.0. The molecule has 8 N–H and O–H groups in total. The van der Waals surface area contributed by atoms with E-state index in [9.17, 15) is 0 Å². The fourth-order valence-electron chi connectivity index (χ4n) is 1.64. The van der Waals surface area contributed by atoms with Crippen LogP contribution in [0.5, 0.6) is 0 Å². The standard InChI is InChI=1S/C12H20N6O2/c13-11(14)17-12(15)16-9-1-3-10(4-2-9)18(5-7-19)6-8-20/h1-4,19-20H,5-8H2,(H6,13,14,15,16,17). The number of anilines is 1. The summed E-state index contributed by atoms with van der Waals surface area (Å²) in [7, 11) is 0. The molecule has 0 amide bonds. The van der Waals surface area contributed by atoms with E-state index in [2.05, 4.69) is 9.98 Å². The Morgan fingerprint density at radius 3 is 2.00 bits per heavy atom. The van der Waals surface area contributed by atoms with Gasteiger partial charge in [0.05, 0.1) is 18.9 Å².